The molecule has 3 aliphatic rings. The van der Waals surface area contributed by atoms with Crippen LogP contribution in [0.15, 0.2) is 23.1 Å². The van der Waals surface area contributed by atoms with Gasteiger partial charge in [0.25, 0.3) is 5.91 Å². The molecule has 28 heavy (non-hydrogen) atoms. The van der Waals surface area contributed by atoms with Crippen molar-refractivity contribution in [2.45, 2.75) is 68.7 Å². The number of carbonyl (C=O) groups is 1. The number of hydrogen-bond donors (Lipinski definition) is 0. The van der Waals surface area contributed by atoms with Gasteiger partial charge in [0.1, 0.15) is 10.7 Å². The fourth-order valence-corrected chi connectivity index (χ4v) is 6.73. The van der Waals surface area contributed by atoms with Crippen LogP contribution in [0.25, 0.3) is 0 Å². The summed E-state index contributed by atoms with van der Waals surface area (Å²) in [6.07, 6.45) is 9.22. The Morgan fingerprint density at radius 2 is 1.64 bits per heavy atom. The topological polar surface area (TPSA) is 57.7 Å². The zero-order valence-electron chi connectivity index (χ0n) is 16.3. The minimum Gasteiger partial charge on any atom is -0.335 e. The van der Waals surface area contributed by atoms with E-state index < -0.39 is 15.8 Å². The standard InChI is InChI=1S/C21H29FN2O3S/c22-18-11-10-17(15-20(18)28(26,27)23-12-4-1-5-13-23)21(25)24-14-6-8-16-7-2-3-9-19(16)24/h10-11,15-16,19H,1-9,12-14H2. The number of hydrogen-bond acceptors (Lipinski definition) is 3. The van der Waals surface area contributed by atoms with E-state index in [2.05, 4.69) is 0 Å². The van der Waals surface area contributed by atoms with Gasteiger partial charge in [0, 0.05) is 31.2 Å². The van der Waals surface area contributed by atoms with Gasteiger partial charge in [-0.2, -0.15) is 4.31 Å². The van der Waals surface area contributed by atoms with E-state index >= 15 is 0 Å². The lowest BCUT2D eigenvalue weighted by atomic mass is 9.78. The maximum absolute atomic E-state index is 14.5. The van der Waals surface area contributed by atoms with E-state index in [4.69, 9.17) is 0 Å². The van der Waals surface area contributed by atoms with Crippen LogP contribution in [-0.4, -0.2) is 49.2 Å². The van der Waals surface area contributed by atoms with Gasteiger partial charge in [-0.05, 0) is 62.6 Å². The summed E-state index contributed by atoms with van der Waals surface area (Å²) in [5, 5.41) is 0. The third kappa shape index (κ3) is 3.71. The molecule has 1 aliphatic carbocycles. The van der Waals surface area contributed by atoms with E-state index in [0.29, 0.717) is 25.6 Å². The highest BCUT2D eigenvalue weighted by Gasteiger charge is 2.37. The van der Waals surface area contributed by atoms with E-state index in [0.717, 1.165) is 57.4 Å². The van der Waals surface area contributed by atoms with Crippen molar-refractivity contribution in [3.05, 3.63) is 29.6 Å². The van der Waals surface area contributed by atoms with Crippen LogP contribution < -0.4 is 0 Å². The first-order valence-corrected chi connectivity index (χ1v) is 12.0. The van der Waals surface area contributed by atoms with Crippen molar-refractivity contribution in [2.75, 3.05) is 19.6 Å². The summed E-state index contributed by atoms with van der Waals surface area (Å²) in [5.74, 6) is -0.397. The number of nitrogens with zero attached hydrogens (tertiary/aromatic N) is 2. The van der Waals surface area contributed by atoms with Crippen molar-refractivity contribution < 1.29 is 17.6 Å². The molecule has 2 aliphatic heterocycles. The maximum Gasteiger partial charge on any atom is 0.254 e. The van der Waals surface area contributed by atoms with Crippen LogP contribution in [0.4, 0.5) is 4.39 Å². The third-order valence-electron chi connectivity index (χ3n) is 6.62. The highest BCUT2D eigenvalue weighted by molar-refractivity contribution is 7.89. The van der Waals surface area contributed by atoms with Crippen LogP contribution >= 0.6 is 0 Å². The first kappa shape index (κ1) is 19.8. The molecule has 0 N–H and O–H groups in total. The van der Waals surface area contributed by atoms with Gasteiger partial charge in [0.05, 0.1) is 0 Å². The molecule has 0 spiro atoms. The minimum absolute atomic E-state index is 0.160. The fraction of sp³-hybridized carbons (Fsp3) is 0.667. The highest BCUT2D eigenvalue weighted by Crippen LogP contribution is 2.36. The first-order chi connectivity index (χ1) is 13.5. The molecule has 0 radical (unpaired) electrons. The number of likely N-dealkylation sites (tertiary alicyclic amines) is 1. The van der Waals surface area contributed by atoms with Crippen molar-refractivity contribution in [2.24, 2.45) is 5.92 Å². The van der Waals surface area contributed by atoms with Crippen molar-refractivity contribution in [1.29, 1.82) is 0 Å². The Kier molecular flexibility index (Phi) is 5.74. The molecule has 2 atom stereocenters. The Hall–Kier alpha value is -1.47. The Bertz CT molecular complexity index is 834. The summed E-state index contributed by atoms with van der Waals surface area (Å²) in [6, 6.07) is 4.06. The Morgan fingerprint density at radius 3 is 2.43 bits per heavy atom. The van der Waals surface area contributed by atoms with Crippen LogP contribution in [0.1, 0.15) is 68.1 Å². The fourth-order valence-electron chi connectivity index (χ4n) is 5.12. The SMILES string of the molecule is O=C(c1ccc(F)c(S(=O)(=O)N2CCCCC2)c1)N1CCCC2CCCCC21. The van der Waals surface area contributed by atoms with Gasteiger partial charge in [-0.1, -0.05) is 19.3 Å². The molecule has 1 saturated carbocycles. The monoisotopic (exact) mass is 408 g/mol. The van der Waals surface area contributed by atoms with Crippen LogP contribution in [0.2, 0.25) is 0 Å². The molecule has 1 aromatic rings. The summed E-state index contributed by atoms with van der Waals surface area (Å²) in [4.78, 5) is 14.8. The summed E-state index contributed by atoms with van der Waals surface area (Å²) in [7, 11) is -3.92. The largest absolute Gasteiger partial charge is 0.335 e. The van der Waals surface area contributed by atoms with Gasteiger partial charge in [-0.3, -0.25) is 4.79 Å². The molecule has 0 aromatic heterocycles. The molecule has 2 saturated heterocycles. The zero-order valence-corrected chi connectivity index (χ0v) is 17.1. The average molecular weight is 409 g/mol. The molecular formula is C21H29FN2O3S. The normalized spacial score (nSPS) is 26.7. The minimum atomic E-state index is -3.92. The molecule has 1 aromatic carbocycles. The second kappa shape index (κ2) is 8.11. The lowest BCUT2D eigenvalue weighted by Gasteiger charge is -2.44. The second-order valence-corrected chi connectivity index (χ2v) is 10.3. The predicted octanol–water partition coefficient (Wildman–Crippen LogP) is 3.80. The number of rotatable bonds is 3. The second-order valence-electron chi connectivity index (χ2n) is 8.36. The molecular weight excluding hydrogens is 379 g/mol. The van der Waals surface area contributed by atoms with E-state index in [1.165, 1.54) is 22.9 Å². The van der Waals surface area contributed by atoms with Crippen LogP contribution in [0, 0.1) is 11.7 Å². The predicted molar refractivity (Wildman–Crippen MR) is 105 cm³/mol. The zero-order chi connectivity index (χ0) is 19.7. The number of fused-ring (bicyclic) bond motifs is 1. The van der Waals surface area contributed by atoms with Crippen LogP contribution in [0.5, 0.6) is 0 Å². The number of carbonyl (C=O) groups excluding carboxylic acids is 1. The van der Waals surface area contributed by atoms with E-state index in [-0.39, 0.29) is 22.4 Å². The summed E-state index contributed by atoms with van der Waals surface area (Å²) in [5.41, 5.74) is 0.281. The smallest absolute Gasteiger partial charge is 0.254 e. The number of benzene rings is 1. The Morgan fingerprint density at radius 1 is 0.929 bits per heavy atom. The van der Waals surface area contributed by atoms with Gasteiger partial charge in [0.2, 0.25) is 10.0 Å². The summed E-state index contributed by atoms with van der Waals surface area (Å²) < 4.78 is 41.7. The lowest BCUT2D eigenvalue weighted by Crippen LogP contribution is -2.49. The first-order valence-electron chi connectivity index (χ1n) is 10.6. The van der Waals surface area contributed by atoms with E-state index in [1.807, 2.05) is 4.90 Å². The van der Waals surface area contributed by atoms with Gasteiger partial charge in [-0.25, -0.2) is 12.8 Å². The summed E-state index contributed by atoms with van der Waals surface area (Å²) >= 11 is 0. The van der Waals surface area contributed by atoms with Crippen molar-refractivity contribution in [1.82, 2.24) is 9.21 Å². The molecule has 4 rings (SSSR count). The van der Waals surface area contributed by atoms with Gasteiger partial charge in [0.15, 0.2) is 0 Å². The average Bonchev–Trinajstić information content (AvgIpc) is 2.73. The number of halogens is 1. The lowest BCUT2D eigenvalue weighted by molar-refractivity contribution is 0.0390. The Labute approximate surface area is 166 Å². The van der Waals surface area contributed by atoms with Gasteiger partial charge < -0.3 is 4.90 Å². The molecule has 7 heteroatoms. The molecule has 154 valence electrons. The Balaban J connectivity index is 1.62. The third-order valence-corrected chi connectivity index (χ3v) is 8.53. The molecule has 0 bridgehead atoms. The van der Waals surface area contributed by atoms with E-state index in [1.54, 1.807) is 0 Å². The molecule has 5 nitrogen and oxygen atoms in total. The van der Waals surface area contributed by atoms with Crippen molar-refractivity contribution in [3.8, 4) is 0 Å². The highest BCUT2D eigenvalue weighted by atomic mass is 32.2. The molecule has 2 unspecified atom stereocenters. The number of sulfonamides is 1. The van der Waals surface area contributed by atoms with Crippen molar-refractivity contribution >= 4 is 15.9 Å². The van der Waals surface area contributed by atoms with Crippen LogP contribution in [0.3, 0.4) is 0 Å². The quantitative estimate of drug-likeness (QED) is 0.764. The summed E-state index contributed by atoms with van der Waals surface area (Å²) in [6.45, 7) is 1.53. The number of piperidine rings is 2. The van der Waals surface area contributed by atoms with E-state index in [9.17, 15) is 17.6 Å². The number of amides is 1. The molecule has 3 fully saturated rings. The van der Waals surface area contributed by atoms with Gasteiger partial charge >= 0.3 is 0 Å². The van der Waals surface area contributed by atoms with Crippen LogP contribution in [-0.2, 0) is 10.0 Å². The molecule has 1 amide bonds. The molecule has 2 heterocycles. The van der Waals surface area contributed by atoms with Crippen molar-refractivity contribution in [3.63, 3.8) is 0 Å². The van der Waals surface area contributed by atoms with Gasteiger partial charge in [-0.15, -0.1) is 0 Å². The maximum atomic E-state index is 14.5.